The lowest BCUT2D eigenvalue weighted by Crippen LogP contribution is -2.53. The van der Waals surface area contributed by atoms with E-state index in [0.717, 1.165) is 56.1 Å². The Bertz CT molecular complexity index is 2200. The van der Waals surface area contributed by atoms with Crippen molar-refractivity contribution in [3.63, 3.8) is 0 Å². The molecule has 5 aromatic carbocycles. The summed E-state index contributed by atoms with van der Waals surface area (Å²) in [6.45, 7) is 1.49. The van der Waals surface area contributed by atoms with Crippen molar-refractivity contribution >= 4 is 40.8 Å². The highest BCUT2D eigenvalue weighted by Gasteiger charge is 2.32. The van der Waals surface area contributed by atoms with Crippen molar-refractivity contribution in [2.45, 2.75) is 44.2 Å². The number of nitrogens with one attached hydrogen (secondary N) is 2. The fraction of sp³-hybridized carbons (Fsp3) is 0.233. The molecule has 0 aromatic heterocycles. The Kier molecular flexibility index (Phi) is 11.1. The van der Waals surface area contributed by atoms with Crippen LogP contribution in [0.2, 0.25) is 10.0 Å². The Balaban J connectivity index is 0.969. The maximum absolute atomic E-state index is 13.6. The maximum Gasteiger partial charge on any atom is 0.328 e. The third kappa shape index (κ3) is 8.32. The Morgan fingerprint density at radius 2 is 1.63 bits per heavy atom. The number of ether oxygens (including phenoxy) is 3. The summed E-state index contributed by atoms with van der Waals surface area (Å²) in [4.78, 5) is 28.6. The van der Waals surface area contributed by atoms with Crippen LogP contribution >= 0.6 is 23.2 Å². The molecular formula is C43H38Cl2N4O5. The Morgan fingerprint density at radius 3 is 2.31 bits per heavy atom. The average Bonchev–Trinajstić information content (AvgIpc) is 3.20. The van der Waals surface area contributed by atoms with Crippen molar-refractivity contribution in [3.8, 4) is 28.7 Å². The zero-order valence-corrected chi connectivity index (χ0v) is 31.3. The minimum atomic E-state index is -0.852. The molecule has 7 rings (SSSR count). The molecule has 0 fully saturated rings. The van der Waals surface area contributed by atoms with E-state index in [1.54, 1.807) is 24.3 Å². The average molecular weight is 762 g/mol. The standard InChI is InChI=1S/C43H38Cl2N4O5/c1-49-24-41(31-12-14-34(15-13-31)53-25-28-7-16-35(44)36(45)17-28)54-40-21-33-23-47-37(19-32(33)20-39(40)49)42(50)48-38(43(51)52-2)18-26-3-8-29(9-4-26)30-10-5-27(22-46)6-11-30/h3-17,20-21,37-38,41,47H,18-19,23-25H2,1-2H3,(H,48,50)/t37?,38-,41?/m0/s1. The van der Waals surface area contributed by atoms with Gasteiger partial charge >= 0.3 is 5.97 Å². The summed E-state index contributed by atoms with van der Waals surface area (Å²) in [7, 11) is 3.36. The van der Waals surface area contributed by atoms with E-state index in [-0.39, 0.29) is 18.4 Å². The minimum Gasteiger partial charge on any atom is -0.489 e. The van der Waals surface area contributed by atoms with Gasteiger partial charge in [0.15, 0.2) is 0 Å². The maximum atomic E-state index is 13.6. The largest absolute Gasteiger partial charge is 0.489 e. The van der Waals surface area contributed by atoms with Crippen molar-refractivity contribution in [1.82, 2.24) is 10.6 Å². The molecule has 2 N–H and O–H groups in total. The summed E-state index contributed by atoms with van der Waals surface area (Å²) in [5.74, 6) is 0.745. The van der Waals surface area contributed by atoms with Gasteiger partial charge in [0.25, 0.3) is 0 Å². The van der Waals surface area contributed by atoms with Crippen molar-refractivity contribution < 1.29 is 23.8 Å². The summed E-state index contributed by atoms with van der Waals surface area (Å²) in [6.07, 6.45) is 0.561. The van der Waals surface area contributed by atoms with Crippen LogP contribution in [0.5, 0.6) is 11.5 Å². The number of likely N-dealkylation sites (N-methyl/N-ethyl adjacent to an activating group) is 1. The second-order valence-electron chi connectivity index (χ2n) is 13.5. The molecule has 0 saturated carbocycles. The predicted molar refractivity (Wildman–Crippen MR) is 209 cm³/mol. The van der Waals surface area contributed by atoms with E-state index in [1.807, 2.05) is 73.8 Å². The summed E-state index contributed by atoms with van der Waals surface area (Å²) < 4.78 is 17.6. The number of nitriles is 1. The van der Waals surface area contributed by atoms with Gasteiger partial charge in [-0.15, -0.1) is 0 Å². The minimum absolute atomic E-state index is 0.179. The molecule has 54 heavy (non-hydrogen) atoms. The van der Waals surface area contributed by atoms with E-state index in [1.165, 1.54) is 7.11 Å². The van der Waals surface area contributed by atoms with E-state index in [0.29, 0.717) is 41.7 Å². The molecule has 274 valence electrons. The fourth-order valence-corrected chi connectivity index (χ4v) is 7.13. The molecule has 9 nitrogen and oxygen atoms in total. The number of carbonyl (C=O) groups is 2. The van der Waals surface area contributed by atoms with Gasteiger partial charge in [0.1, 0.15) is 30.3 Å². The highest BCUT2D eigenvalue weighted by molar-refractivity contribution is 6.42. The quantitative estimate of drug-likeness (QED) is 0.140. The molecule has 0 saturated heterocycles. The number of amides is 1. The summed E-state index contributed by atoms with van der Waals surface area (Å²) in [5.41, 5.74) is 8.48. The number of benzene rings is 5. The molecule has 2 aliphatic rings. The van der Waals surface area contributed by atoms with E-state index < -0.39 is 18.1 Å². The molecule has 1 amide bonds. The van der Waals surface area contributed by atoms with Crippen LogP contribution in [0.25, 0.3) is 11.1 Å². The molecule has 0 bridgehead atoms. The topological polar surface area (TPSA) is 113 Å². The lowest BCUT2D eigenvalue weighted by atomic mass is 9.93. The normalized spacial score (nSPS) is 16.5. The van der Waals surface area contributed by atoms with Crippen LogP contribution in [0.3, 0.4) is 0 Å². The molecule has 2 heterocycles. The van der Waals surface area contributed by atoms with Gasteiger partial charge in [-0.1, -0.05) is 77.8 Å². The first-order chi connectivity index (χ1) is 26.2. The number of rotatable bonds is 10. The monoisotopic (exact) mass is 760 g/mol. The number of methoxy groups -OCH3 is 1. The summed E-state index contributed by atoms with van der Waals surface area (Å²) in [6, 6.07) is 33.4. The van der Waals surface area contributed by atoms with Crippen LogP contribution in [0.15, 0.2) is 103 Å². The lowest BCUT2D eigenvalue weighted by molar-refractivity contribution is -0.145. The van der Waals surface area contributed by atoms with Gasteiger partial charge in [-0.25, -0.2) is 4.79 Å². The molecule has 0 aliphatic carbocycles. The highest BCUT2D eigenvalue weighted by Crippen LogP contribution is 2.40. The van der Waals surface area contributed by atoms with E-state index in [9.17, 15) is 9.59 Å². The molecule has 0 spiro atoms. The van der Waals surface area contributed by atoms with Gasteiger partial charge in [0.2, 0.25) is 5.91 Å². The second-order valence-corrected chi connectivity index (χ2v) is 14.3. The zero-order valence-electron chi connectivity index (χ0n) is 29.8. The first-order valence-electron chi connectivity index (χ1n) is 17.6. The summed E-state index contributed by atoms with van der Waals surface area (Å²) >= 11 is 12.2. The van der Waals surface area contributed by atoms with Gasteiger partial charge < -0.3 is 29.7 Å². The number of hydrogen-bond donors (Lipinski definition) is 2. The van der Waals surface area contributed by atoms with Crippen LogP contribution in [-0.4, -0.2) is 44.7 Å². The first-order valence-corrected chi connectivity index (χ1v) is 18.3. The third-order valence-electron chi connectivity index (χ3n) is 9.87. The second kappa shape index (κ2) is 16.2. The molecule has 0 radical (unpaired) electrons. The lowest BCUT2D eigenvalue weighted by Gasteiger charge is -2.36. The smallest absolute Gasteiger partial charge is 0.328 e. The van der Waals surface area contributed by atoms with Crippen molar-refractivity contribution in [2.75, 3.05) is 25.6 Å². The number of anilines is 1. The predicted octanol–water partition coefficient (Wildman–Crippen LogP) is 7.60. The number of nitrogens with zero attached hydrogens (tertiary/aromatic N) is 2. The number of esters is 1. The van der Waals surface area contributed by atoms with Crippen LogP contribution in [-0.2, 0) is 40.3 Å². The summed E-state index contributed by atoms with van der Waals surface area (Å²) in [5, 5.41) is 16.4. The SMILES string of the molecule is COC(=O)[C@H](Cc1ccc(-c2ccc(C#N)cc2)cc1)NC(=O)C1Cc2cc3c(cc2CN1)OC(c1ccc(OCc2ccc(Cl)c(Cl)c2)cc1)CN3C. The van der Waals surface area contributed by atoms with Gasteiger partial charge in [0.05, 0.1) is 47.1 Å². The number of halogens is 2. The highest BCUT2D eigenvalue weighted by atomic mass is 35.5. The third-order valence-corrected chi connectivity index (χ3v) is 10.6. The van der Waals surface area contributed by atoms with Gasteiger partial charge in [-0.05, 0) is 93.9 Å². The van der Waals surface area contributed by atoms with Crippen LogP contribution in [0, 0.1) is 11.3 Å². The van der Waals surface area contributed by atoms with Gasteiger partial charge in [0, 0.05) is 20.0 Å². The Morgan fingerprint density at radius 1 is 0.926 bits per heavy atom. The van der Waals surface area contributed by atoms with E-state index >= 15 is 0 Å². The van der Waals surface area contributed by atoms with Crippen LogP contribution in [0.1, 0.15) is 39.5 Å². The van der Waals surface area contributed by atoms with Crippen LogP contribution in [0.4, 0.5) is 5.69 Å². The fourth-order valence-electron chi connectivity index (χ4n) is 6.81. The molecule has 2 unspecified atom stereocenters. The molecule has 11 heteroatoms. The zero-order chi connectivity index (χ0) is 37.8. The van der Waals surface area contributed by atoms with Crippen LogP contribution < -0.4 is 25.0 Å². The Hall–Kier alpha value is -5.53. The number of carbonyl (C=O) groups excluding carboxylic acids is 2. The molecule has 5 aromatic rings. The van der Waals surface area contributed by atoms with E-state index in [4.69, 9.17) is 42.7 Å². The van der Waals surface area contributed by atoms with Gasteiger partial charge in [-0.2, -0.15) is 5.26 Å². The molecule has 3 atom stereocenters. The van der Waals surface area contributed by atoms with Gasteiger partial charge in [-0.3, -0.25) is 4.79 Å². The molecule has 2 aliphatic heterocycles. The Labute approximate surface area is 324 Å². The number of fused-ring (bicyclic) bond motifs is 2. The molecular weight excluding hydrogens is 723 g/mol. The van der Waals surface area contributed by atoms with E-state index in [2.05, 4.69) is 33.7 Å². The van der Waals surface area contributed by atoms with Crippen molar-refractivity contribution in [2.24, 2.45) is 0 Å². The van der Waals surface area contributed by atoms with Crippen molar-refractivity contribution in [1.29, 1.82) is 5.26 Å². The number of hydrogen-bond acceptors (Lipinski definition) is 8. The van der Waals surface area contributed by atoms with Crippen molar-refractivity contribution in [3.05, 3.63) is 147 Å². The first kappa shape index (κ1) is 36.8.